The third-order valence-corrected chi connectivity index (χ3v) is 6.87. The smallest absolute Gasteiger partial charge is 0.367 e. The van der Waals surface area contributed by atoms with E-state index in [4.69, 9.17) is 10.5 Å². The highest BCUT2D eigenvalue weighted by Crippen LogP contribution is 2.37. The molecule has 0 fully saturated rings. The molecule has 2 rings (SSSR count). The average molecular weight is 573 g/mol. The van der Waals surface area contributed by atoms with Gasteiger partial charge in [0, 0.05) is 11.6 Å². The number of hydrogen-bond donors (Lipinski definition) is 2. The van der Waals surface area contributed by atoms with Crippen molar-refractivity contribution in [1.29, 1.82) is 0 Å². The quantitative estimate of drug-likeness (QED) is 0.202. The van der Waals surface area contributed by atoms with E-state index in [9.17, 15) is 40.9 Å². The van der Waals surface area contributed by atoms with Gasteiger partial charge in [-0.05, 0) is 41.9 Å². The van der Waals surface area contributed by atoms with Crippen LogP contribution in [0.4, 0.5) is 23.2 Å². The van der Waals surface area contributed by atoms with Gasteiger partial charge in [0.15, 0.2) is 4.90 Å². The van der Waals surface area contributed by atoms with Crippen LogP contribution in [-0.4, -0.2) is 42.6 Å². The maximum absolute atomic E-state index is 14.7. The standard InChI is InChI=1S/C18H17BrF4N4O6S/c1-16(10-7-14(19)25-8-11(10)20,9-33-17(2,15(24)28)18(21,22)23)26-34(31,32)13-6-4-3-5-12(13)27(29)30/h3-8,26H,9H2,1-2H3,(H2,24,28)/t16-,17-/m1/s1. The second-order valence-electron chi connectivity index (χ2n) is 7.33. The number of halogens is 5. The van der Waals surface area contributed by atoms with Gasteiger partial charge < -0.3 is 10.5 Å². The fraction of sp³-hybridized carbons (Fsp3) is 0.333. The van der Waals surface area contributed by atoms with Crippen LogP contribution in [0.1, 0.15) is 19.4 Å². The molecule has 1 aromatic carbocycles. The highest BCUT2D eigenvalue weighted by Gasteiger charge is 2.58. The molecule has 0 saturated carbocycles. The van der Waals surface area contributed by atoms with E-state index in [0.29, 0.717) is 13.1 Å². The van der Waals surface area contributed by atoms with Gasteiger partial charge in [0.25, 0.3) is 11.6 Å². The molecule has 16 heteroatoms. The lowest BCUT2D eigenvalue weighted by Gasteiger charge is -2.36. The molecule has 34 heavy (non-hydrogen) atoms. The number of primary amides is 1. The maximum atomic E-state index is 14.7. The number of para-hydroxylation sites is 1. The summed E-state index contributed by atoms with van der Waals surface area (Å²) in [6.07, 6.45) is -4.65. The first-order valence-electron chi connectivity index (χ1n) is 9.04. The van der Waals surface area contributed by atoms with Crippen LogP contribution >= 0.6 is 15.9 Å². The fourth-order valence-electron chi connectivity index (χ4n) is 2.77. The summed E-state index contributed by atoms with van der Waals surface area (Å²) in [6, 6.07) is 5.10. The van der Waals surface area contributed by atoms with Crippen LogP contribution in [0, 0.1) is 15.9 Å². The molecule has 0 aliphatic rings. The largest absolute Gasteiger partial charge is 0.426 e. The number of rotatable bonds is 9. The van der Waals surface area contributed by atoms with E-state index in [1.54, 1.807) is 0 Å². The Bertz CT molecular complexity index is 1230. The Morgan fingerprint density at radius 1 is 1.29 bits per heavy atom. The molecule has 0 aliphatic heterocycles. The number of nitrogens with two attached hydrogens (primary N) is 1. The number of alkyl halides is 3. The Hall–Kier alpha value is -2.69. The number of hydrogen-bond acceptors (Lipinski definition) is 7. The summed E-state index contributed by atoms with van der Waals surface area (Å²) in [5, 5.41) is 11.3. The summed E-state index contributed by atoms with van der Waals surface area (Å²) < 4.78 is 88.0. The predicted octanol–water partition coefficient (Wildman–Crippen LogP) is 2.91. The molecule has 186 valence electrons. The van der Waals surface area contributed by atoms with Crippen LogP contribution in [0.3, 0.4) is 0 Å². The third kappa shape index (κ3) is 5.51. The first-order valence-corrected chi connectivity index (χ1v) is 11.3. The Morgan fingerprint density at radius 2 is 1.88 bits per heavy atom. The number of carbonyl (C=O) groups is 1. The summed E-state index contributed by atoms with van der Waals surface area (Å²) in [5.74, 6) is -3.08. The lowest BCUT2D eigenvalue weighted by atomic mass is 9.94. The highest BCUT2D eigenvalue weighted by molar-refractivity contribution is 9.10. The minimum Gasteiger partial charge on any atom is -0.367 e. The zero-order chi connectivity index (χ0) is 26.1. The molecule has 0 bridgehead atoms. The zero-order valence-electron chi connectivity index (χ0n) is 17.4. The number of nitro groups is 1. The van der Waals surface area contributed by atoms with Crippen LogP contribution in [0.25, 0.3) is 0 Å². The van der Waals surface area contributed by atoms with Gasteiger partial charge in [-0.15, -0.1) is 0 Å². The van der Waals surface area contributed by atoms with Crippen molar-refractivity contribution in [3.8, 4) is 0 Å². The number of nitrogens with one attached hydrogen (secondary N) is 1. The van der Waals surface area contributed by atoms with Crippen molar-refractivity contribution in [3.63, 3.8) is 0 Å². The summed E-state index contributed by atoms with van der Waals surface area (Å²) in [5.41, 5.74) is -2.42. The van der Waals surface area contributed by atoms with Crippen molar-refractivity contribution in [2.45, 2.75) is 36.1 Å². The summed E-state index contributed by atoms with van der Waals surface area (Å²) in [4.78, 5) is 24.6. The molecule has 0 spiro atoms. The van der Waals surface area contributed by atoms with E-state index in [1.807, 2.05) is 4.72 Å². The fourth-order valence-corrected chi connectivity index (χ4v) is 4.65. The number of aromatic nitrogens is 1. The predicted molar refractivity (Wildman–Crippen MR) is 112 cm³/mol. The number of pyridine rings is 1. The normalized spacial score (nSPS) is 15.9. The number of benzene rings is 1. The van der Waals surface area contributed by atoms with E-state index in [1.165, 1.54) is 12.1 Å². The molecule has 0 radical (unpaired) electrons. The van der Waals surface area contributed by atoms with Crippen molar-refractivity contribution in [2.24, 2.45) is 5.73 Å². The minimum atomic E-state index is -5.31. The molecule has 3 N–H and O–H groups in total. The molecular formula is C18H17BrF4N4O6S. The van der Waals surface area contributed by atoms with Gasteiger partial charge in [-0.2, -0.15) is 17.9 Å². The SMILES string of the molecule is C[C@](CO[C@](C)(C(N)=O)C(F)(F)F)(NS(=O)(=O)c1ccccc1[N+](=O)[O-])c1cc(Br)ncc1F. The van der Waals surface area contributed by atoms with Gasteiger partial charge in [-0.25, -0.2) is 17.8 Å². The average Bonchev–Trinajstić information content (AvgIpc) is 2.72. The first kappa shape index (κ1) is 27.6. The molecule has 0 saturated heterocycles. The molecule has 2 aromatic rings. The molecule has 10 nitrogen and oxygen atoms in total. The second kappa shape index (κ2) is 9.52. The van der Waals surface area contributed by atoms with Crippen molar-refractivity contribution >= 4 is 37.5 Å². The second-order valence-corrected chi connectivity index (χ2v) is 9.80. The monoisotopic (exact) mass is 572 g/mol. The Kier molecular flexibility index (Phi) is 7.71. The third-order valence-electron chi connectivity index (χ3n) is 4.79. The Morgan fingerprint density at radius 3 is 2.41 bits per heavy atom. The van der Waals surface area contributed by atoms with Gasteiger partial charge in [-0.1, -0.05) is 12.1 Å². The molecule has 1 amide bonds. The van der Waals surface area contributed by atoms with Gasteiger partial charge in [0.2, 0.25) is 15.6 Å². The maximum Gasteiger partial charge on any atom is 0.426 e. The Balaban J connectivity index is 2.65. The molecule has 2 atom stereocenters. The molecule has 0 unspecified atom stereocenters. The van der Waals surface area contributed by atoms with Crippen LogP contribution < -0.4 is 10.5 Å². The summed E-state index contributed by atoms with van der Waals surface area (Å²) in [7, 11) is -4.87. The van der Waals surface area contributed by atoms with Crippen molar-refractivity contribution in [1.82, 2.24) is 9.71 Å². The lowest BCUT2D eigenvalue weighted by molar-refractivity contribution is -0.387. The molecule has 0 aliphatic carbocycles. The minimum absolute atomic E-state index is 0.0199. The van der Waals surface area contributed by atoms with Crippen molar-refractivity contribution < 1.29 is 40.4 Å². The van der Waals surface area contributed by atoms with Crippen LogP contribution in [0.15, 0.2) is 46.0 Å². The molecular weight excluding hydrogens is 556 g/mol. The van der Waals surface area contributed by atoms with Crippen molar-refractivity contribution in [2.75, 3.05) is 6.61 Å². The van der Waals surface area contributed by atoms with E-state index in [0.717, 1.165) is 25.1 Å². The number of amides is 1. The number of sulfonamides is 1. The van der Waals surface area contributed by atoms with Gasteiger partial charge in [0.1, 0.15) is 10.4 Å². The summed E-state index contributed by atoms with van der Waals surface area (Å²) >= 11 is 2.95. The van der Waals surface area contributed by atoms with Crippen LogP contribution in [0.2, 0.25) is 0 Å². The van der Waals surface area contributed by atoms with Gasteiger partial charge >= 0.3 is 6.18 Å². The number of ether oxygens (including phenoxy) is 1. The Labute approximate surface area is 198 Å². The van der Waals surface area contributed by atoms with Crippen molar-refractivity contribution in [3.05, 3.63) is 62.6 Å². The summed E-state index contributed by atoms with van der Waals surface area (Å²) in [6.45, 7) is 0.0201. The van der Waals surface area contributed by atoms with E-state index >= 15 is 0 Å². The van der Waals surface area contributed by atoms with Gasteiger partial charge in [-0.3, -0.25) is 14.9 Å². The number of nitro benzene ring substituents is 1. The first-order chi connectivity index (χ1) is 15.4. The lowest BCUT2D eigenvalue weighted by Crippen LogP contribution is -2.58. The van der Waals surface area contributed by atoms with E-state index < -0.39 is 66.7 Å². The molecule has 1 aromatic heterocycles. The van der Waals surface area contributed by atoms with Crippen LogP contribution in [0.5, 0.6) is 0 Å². The topological polar surface area (TPSA) is 155 Å². The molecule has 1 heterocycles. The van der Waals surface area contributed by atoms with Crippen LogP contribution in [-0.2, 0) is 25.1 Å². The van der Waals surface area contributed by atoms with E-state index in [-0.39, 0.29) is 4.60 Å². The number of carbonyl (C=O) groups excluding carboxylic acids is 1. The van der Waals surface area contributed by atoms with Gasteiger partial charge in [0.05, 0.1) is 23.3 Å². The zero-order valence-corrected chi connectivity index (χ0v) is 19.8. The highest BCUT2D eigenvalue weighted by atomic mass is 79.9. The number of nitrogens with zero attached hydrogens (tertiary/aromatic N) is 2. The van der Waals surface area contributed by atoms with E-state index in [2.05, 4.69) is 20.9 Å².